The SMILES string of the molecule is CC(C)CNC(=O)[C@H](C)OC(=O)CN1C(=O)Cc2ccccc2C1=O. The maximum absolute atomic E-state index is 12.4. The van der Waals surface area contributed by atoms with E-state index < -0.39 is 36.3 Å². The Morgan fingerprint density at radius 3 is 2.56 bits per heavy atom. The molecule has 134 valence electrons. The van der Waals surface area contributed by atoms with E-state index in [2.05, 4.69) is 5.32 Å². The van der Waals surface area contributed by atoms with E-state index >= 15 is 0 Å². The number of carbonyl (C=O) groups is 4. The van der Waals surface area contributed by atoms with Crippen LogP contribution in [-0.2, 0) is 25.5 Å². The number of amides is 3. The van der Waals surface area contributed by atoms with Crippen molar-refractivity contribution < 1.29 is 23.9 Å². The number of ether oxygens (including phenoxy) is 1. The molecule has 1 heterocycles. The van der Waals surface area contributed by atoms with E-state index in [0.717, 1.165) is 4.90 Å². The number of nitrogens with zero attached hydrogens (tertiary/aromatic N) is 1. The van der Waals surface area contributed by atoms with Crippen LogP contribution < -0.4 is 5.32 Å². The molecule has 0 spiro atoms. The first-order valence-corrected chi connectivity index (χ1v) is 8.19. The first kappa shape index (κ1) is 18.6. The average Bonchev–Trinajstić information content (AvgIpc) is 2.56. The molecule has 0 aromatic heterocycles. The second-order valence-corrected chi connectivity index (χ2v) is 6.39. The Labute approximate surface area is 146 Å². The van der Waals surface area contributed by atoms with E-state index in [0.29, 0.717) is 17.7 Å². The van der Waals surface area contributed by atoms with Crippen LogP contribution in [0.15, 0.2) is 24.3 Å². The number of imide groups is 1. The molecule has 1 aromatic rings. The van der Waals surface area contributed by atoms with Gasteiger partial charge in [0, 0.05) is 12.1 Å². The summed E-state index contributed by atoms with van der Waals surface area (Å²) in [6, 6.07) is 6.78. The predicted octanol–water partition coefficient (Wildman–Crippen LogP) is 0.915. The molecule has 2 rings (SSSR count). The zero-order valence-corrected chi connectivity index (χ0v) is 14.6. The van der Waals surface area contributed by atoms with Gasteiger partial charge < -0.3 is 10.1 Å². The minimum Gasteiger partial charge on any atom is -0.451 e. The largest absolute Gasteiger partial charge is 0.451 e. The van der Waals surface area contributed by atoms with Gasteiger partial charge in [0.05, 0.1) is 6.42 Å². The summed E-state index contributed by atoms with van der Waals surface area (Å²) in [4.78, 5) is 49.2. The first-order valence-electron chi connectivity index (χ1n) is 8.19. The van der Waals surface area contributed by atoms with Gasteiger partial charge in [-0.05, 0) is 24.5 Å². The van der Waals surface area contributed by atoms with E-state index in [-0.39, 0.29) is 12.3 Å². The Bertz CT molecular complexity index is 698. The lowest BCUT2D eigenvalue weighted by Gasteiger charge is -2.26. The molecule has 1 N–H and O–H groups in total. The highest BCUT2D eigenvalue weighted by Gasteiger charge is 2.33. The summed E-state index contributed by atoms with van der Waals surface area (Å²) in [5, 5.41) is 2.66. The number of fused-ring (bicyclic) bond motifs is 1. The van der Waals surface area contributed by atoms with E-state index in [1.807, 2.05) is 13.8 Å². The normalized spacial score (nSPS) is 15.0. The second-order valence-electron chi connectivity index (χ2n) is 6.39. The van der Waals surface area contributed by atoms with Crippen molar-refractivity contribution in [3.63, 3.8) is 0 Å². The number of hydrogen-bond acceptors (Lipinski definition) is 5. The van der Waals surface area contributed by atoms with Crippen LogP contribution in [0.3, 0.4) is 0 Å². The minimum absolute atomic E-state index is 0.0552. The molecule has 0 unspecified atom stereocenters. The first-order chi connectivity index (χ1) is 11.8. The van der Waals surface area contributed by atoms with Gasteiger partial charge >= 0.3 is 5.97 Å². The number of rotatable bonds is 6. The molecular weight excluding hydrogens is 324 g/mol. The molecule has 1 aromatic carbocycles. The van der Waals surface area contributed by atoms with Crippen molar-refractivity contribution in [3.8, 4) is 0 Å². The Balaban J connectivity index is 1.95. The fourth-order valence-electron chi connectivity index (χ4n) is 2.43. The molecular formula is C18H22N2O5. The average molecular weight is 346 g/mol. The van der Waals surface area contributed by atoms with Crippen LogP contribution >= 0.6 is 0 Å². The summed E-state index contributed by atoms with van der Waals surface area (Å²) in [7, 11) is 0. The molecule has 25 heavy (non-hydrogen) atoms. The van der Waals surface area contributed by atoms with Crippen molar-refractivity contribution >= 4 is 23.7 Å². The molecule has 0 fully saturated rings. The third kappa shape index (κ3) is 4.65. The molecule has 1 aliphatic rings. The number of benzene rings is 1. The smallest absolute Gasteiger partial charge is 0.326 e. The van der Waals surface area contributed by atoms with E-state index in [4.69, 9.17) is 4.74 Å². The van der Waals surface area contributed by atoms with Crippen LogP contribution in [0.4, 0.5) is 0 Å². The lowest BCUT2D eigenvalue weighted by molar-refractivity contribution is -0.156. The quantitative estimate of drug-likeness (QED) is 0.611. The van der Waals surface area contributed by atoms with E-state index in [9.17, 15) is 19.2 Å². The highest BCUT2D eigenvalue weighted by Crippen LogP contribution is 2.19. The van der Waals surface area contributed by atoms with Crippen molar-refractivity contribution in [2.45, 2.75) is 33.3 Å². The maximum atomic E-state index is 12.4. The van der Waals surface area contributed by atoms with Crippen LogP contribution in [0.25, 0.3) is 0 Å². The van der Waals surface area contributed by atoms with Crippen LogP contribution in [0, 0.1) is 5.92 Å². The molecule has 0 radical (unpaired) electrons. The van der Waals surface area contributed by atoms with Gasteiger partial charge in [0.1, 0.15) is 6.54 Å². The molecule has 7 heteroatoms. The number of carbonyl (C=O) groups excluding carboxylic acids is 4. The lowest BCUT2D eigenvalue weighted by Crippen LogP contribution is -2.46. The highest BCUT2D eigenvalue weighted by molar-refractivity contribution is 6.11. The molecule has 1 aliphatic heterocycles. The summed E-state index contributed by atoms with van der Waals surface area (Å²) in [5.74, 6) is -1.93. The topological polar surface area (TPSA) is 92.8 Å². The van der Waals surface area contributed by atoms with Gasteiger partial charge in [-0.1, -0.05) is 32.0 Å². The molecule has 0 bridgehead atoms. The number of hydrogen-bond donors (Lipinski definition) is 1. The fraction of sp³-hybridized carbons (Fsp3) is 0.444. The van der Waals surface area contributed by atoms with E-state index in [1.54, 1.807) is 24.3 Å². The molecule has 0 saturated heterocycles. The minimum atomic E-state index is -0.992. The Hall–Kier alpha value is -2.70. The van der Waals surface area contributed by atoms with Crippen molar-refractivity contribution in [1.82, 2.24) is 10.2 Å². The lowest BCUT2D eigenvalue weighted by atomic mass is 9.98. The van der Waals surface area contributed by atoms with Crippen LogP contribution in [0.2, 0.25) is 0 Å². The van der Waals surface area contributed by atoms with Crippen LogP contribution in [-0.4, -0.2) is 47.8 Å². The van der Waals surface area contributed by atoms with Gasteiger partial charge in [-0.15, -0.1) is 0 Å². The summed E-state index contributed by atoms with van der Waals surface area (Å²) >= 11 is 0. The van der Waals surface area contributed by atoms with Gasteiger partial charge in [0.15, 0.2) is 6.10 Å². The number of esters is 1. The van der Waals surface area contributed by atoms with Crippen molar-refractivity contribution in [3.05, 3.63) is 35.4 Å². The Morgan fingerprint density at radius 1 is 1.20 bits per heavy atom. The fourth-order valence-corrected chi connectivity index (χ4v) is 2.43. The van der Waals surface area contributed by atoms with E-state index in [1.165, 1.54) is 6.92 Å². The molecule has 0 aliphatic carbocycles. The Morgan fingerprint density at radius 2 is 1.88 bits per heavy atom. The van der Waals surface area contributed by atoms with Crippen molar-refractivity contribution in [1.29, 1.82) is 0 Å². The van der Waals surface area contributed by atoms with Gasteiger partial charge in [-0.2, -0.15) is 0 Å². The summed E-state index contributed by atoms with van der Waals surface area (Å²) in [6.07, 6.45) is -0.937. The predicted molar refractivity (Wildman–Crippen MR) is 89.6 cm³/mol. The summed E-state index contributed by atoms with van der Waals surface area (Å²) < 4.78 is 5.03. The van der Waals surface area contributed by atoms with Gasteiger partial charge in [-0.25, -0.2) is 0 Å². The standard InChI is InChI=1S/C18H22N2O5/c1-11(2)9-19-17(23)12(3)25-16(22)10-20-15(21)8-13-6-4-5-7-14(13)18(20)24/h4-7,11-12H,8-10H2,1-3H3,(H,19,23)/t12-/m0/s1. The second kappa shape index (κ2) is 7.92. The van der Waals surface area contributed by atoms with Crippen molar-refractivity contribution in [2.24, 2.45) is 5.92 Å². The monoisotopic (exact) mass is 346 g/mol. The molecule has 0 saturated carbocycles. The molecule has 3 amide bonds. The number of nitrogens with one attached hydrogen (secondary N) is 1. The van der Waals surface area contributed by atoms with Crippen LogP contribution in [0.1, 0.15) is 36.7 Å². The van der Waals surface area contributed by atoms with Gasteiger partial charge in [0.2, 0.25) is 5.91 Å². The summed E-state index contributed by atoms with van der Waals surface area (Å²) in [6.45, 7) is 5.31. The van der Waals surface area contributed by atoms with Crippen LogP contribution in [0.5, 0.6) is 0 Å². The third-order valence-corrected chi connectivity index (χ3v) is 3.78. The zero-order valence-electron chi connectivity index (χ0n) is 14.6. The summed E-state index contributed by atoms with van der Waals surface area (Å²) in [5.41, 5.74) is 1.04. The molecule has 7 nitrogen and oxygen atoms in total. The third-order valence-electron chi connectivity index (χ3n) is 3.78. The van der Waals surface area contributed by atoms with Gasteiger partial charge in [-0.3, -0.25) is 24.1 Å². The van der Waals surface area contributed by atoms with Crippen molar-refractivity contribution in [2.75, 3.05) is 13.1 Å². The maximum Gasteiger partial charge on any atom is 0.326 e. The zero-order chi connectivity index (χ0) is 18.6. The Kier molecular flexibility index (Phi) is 5.90. The highest BCUT2D eigenvalue weighted by atomic mass is 16.5. The molecule has 1 atom stereocenters. The van der Waals surface area contributed by atoms with Gasteiger partial charge in [0.25, 0.3) is 11.8 Å².